The van der Waals surface area contributed by atoms with Gasteiger partial charge in [-0.05, 0) is 29.8 Å². The summed E-state index contributed by atoms with van der Waals surface area (Å²) in [6.45, 7) is 0.0425. The zero-order chi connectivity index (χ0) is 15.5. The van der Waals surface area contributed by atoms with Gasteiger partial charge < -0.3 is 4.90 Å². The molecule has 0 aliphatic heterocycles. The minimum absolute atomic E-state index is 0.0425. The molecule has 2 rings (SSSR count). The highest BCUT2D eigenvalue weighted by Gasteiger charge is 2.38. The van der Waals surface area contributed by atoms with Gasteiger partial charge in [0.15, 0.2) is 4.99 Å². The lowest BCUT2D eigenvalue weighted by Crippen LogP contribution is -2.39. The Labute approximate surface area is 131 Å². The average Bonchev–Trinajstić information content (AvgIpc) is 2.45. The maximum absolute atomic E-state index is 13.0. The second-order valence-corrected chi connectivity index (χ2v) is 5.17. The van der Waals surface area contributed by atoms with Crippen molar-refractivity contribution in [1.82, 2.24) is 0 Å². The van der Waals surface area contributed by atoms with Crippen molar-refractivity contribution in [3.63, 3.8) is 0 Å². The van der Waals surface area contributed by atoms with Crippen LogP contribution >= 0.6 is 23.8 Å². The molecule has 1 nitrogen and oxygen atoms in total. The fourth-order valence-electron chi connectivity index (χ4n) is 1.82. The predicted molar refractivity (Wildman–Crippen MR) is 82.7 cm³/mol. The highest BCUT2D eigenvalue weighted by atomic mass is 35.5. The topological polar surface area (TPSA) is 3.24 Å². The molecule has 0 aliphatic carbocycles. The molecule has 2 aromatic rings. The molecule has 21 heavy (non-hydrogen) atoms. The van der Waals surface area contributed by atoms with Gasteiger partial charge in [-0.25, -0.2) is 0 Å². The lowest BCUT2D eigenvalue weighted by Gasteiger charge is -2.26. The van der Waals surface area contributed by atoms with E-state index < -0.39 is 11.2 Å². The van der Waals surface area contributed by atoms with E-state index in [-0.39, 0.29) is 6.54 Å². The molecule has 0 fully saturated rings. The predicted octanol–water partition coefficient (Wildman–Crippen LogP) is 5.24. The van der Waals surface area contributed by atoms with Gasteiger partial charge in [0.1, 0.15) is 0 Å². The van der Waals surface area contributed by atoms with E-state index in [1.165, 1.54) is 24.3 Å². The van der Waals surface area contributed by atoms with Crippen LogP contribution in [0.3, 0.4) is 0 Å². The molecule has 0 N–H and O–H groups in total. The number of anilines is 1. The number of benzene rings is 2. The Hall–Kier alpha value is -1.59. The fraction of sp³-hybridized carbons (Fsp3) is 0.133. The molecule has 0 spiro atoms. The first kappa shape index (κ1) is 15.8. The highest BCUT2D eigenvalue weighted by Crippen LogP contribution is 2.27. The second kappa shape index (κ2) is 6.45. The zero-order valence-corrected chi connectivity index (χ0v) is 12.3. The van der Waals surface area contributed by atoms with Crippen LogP contribution in [0.4, 0.5) is 18.9 Å². The van der Waals surface area contributed by atoms with Crippen LogP contribution < -0.4 is 4.90 Å². The Morgan fingerprint density at radius 3 is 2.10 bits per heavy atom. The largest absolute Gasteiger partial charge is 0.442 e. The Morgan fingerprint density at radius 2 is 1.57 bits per heavy atom. The zero-order valence-electron chi connectivity index (χ0n) is 10.8. The summed E-state index contributed by atoms with van der Waals surface area (Å²) in [7, 11) is 0. The van der Waals surface area contributed by atoms with Crippen LogP contribution in [0, 0.1) is 0 Å². The van der Waals surface area contributed by atoms with Crippen LogP contribution in [0.1, 0.15) is 5.56 Å². The van der Waals surface area contributed by atoms with Crippen molar-refractivity contribution in [3.05, 3.63) is 65.2 Å². The lowest BCUT2D eigenvalue weighted by atomic mass is 10.2. The molecule has 0 bridgehead atoms. The molecule has 110 valence electrons. The van der Waals surface area contributed by atoms with E-state index in [4.69, 9.17) is 11.6 Å². The Morgan fingerprint density at radius 1 is 1.00 bits per heavy atom. The number of halogens is 4. The molecule has 0 unspecified atom stereocenters. The third-order valence-corrected chi connectivity index (χ3v) is 3.51. The van der Waals surface area contributed by atoms with E-state index in [9.17, 15) is 13.2 Å². The van der Waals surface area contributed by atoms with Gasteiger partial charge in [0.2, 0.25) is 0 Å². The van der Waals surface area contributed by atoms with Crippen molar-refractivity contribution < 1.29 is 13.2 Å². The number of alkyl halides is 3. The van der Waals surface area contributed by atoms with Crippen molar-refractivity contribution in [1.29, 1.82) is 0 Å². The summed E-state index contributed by atoms with van der Waals surface area (Å²) in [5.74, 6) is 0. The molecule has 0 aromatic heterocycles. The van der Waals surface area contributed by atoms with Gasteiger partial charge in [0.05, 0.1) is 0 Å². The second-order valence-electron chi connectivity index (χ2n) is 4.35. The van der Waals surface area contributed by atoms with Crippen molar-refractivity contribution in [2.24, 2.45) is 0 Å². The SMILES string of the molecule is FC(F)(F)C(=S)N(Cc1ccccc1)c1ccc(Cl)cc1. The fourth-order valence-corrected chi connectivity index (χ4v) is 2.12. The smallest absolute Gasteiger partial charge is 0.324 e. The Balaban J connectivity index is 2.35. The molecule has 6 heteroatoms. The van der Waals surface area contributed by atoms with Gasteiger partial charge in [-0.3, -0.25) is 0 Å². The normalized spacial score (nSPS) is 11.2. The van der Waals surface area contributed by atoms with Crippen molar-refractivity contribution in [3.8, 4) is 0 Å². The summed E-state index contributed by atoms with van der Waals surface area (Å²) in [5.41, 5.74) is 1.09. The van der Waals surface area contributed by atoms with Crippen LogP contribution in [0.25, 0.3) is 0 Å². The minimum atomic E-state index is -4.57. The summed E-state index contributed by atoms with van der Waals surface area (Å²) >= 11 is 10.4. The molecule has 0 amide bonds. The molecule has 0 saturated carbocycles. The van der Waals surface area contributed by atoms with Crippen molar-refractivity contribution in [2.75, 3.05) is 4.90 Å². The van der Waals surface area contributed by atoms with Crippen LogP contribution in [0.15, 0.2) is 54.6 Å². The number of nitrogens with zero attached hydrogens (tertiary/aromatic N) is 1. The van der Waals surface area contributed by atoms with Crippen LogP contribution in [0.5, 0.6) is 0 Å². The van der Waals surface area contributed by atoms with E-state index in [0.29, 0.717) is 10.7 Å². The third-order valence-electron chi connectivity index (χ3n) is 2.81. The first-order valence-electron chi connectivity index (χ1n) is 6.06. The molecule has 2 aromatic carbocycles. The molecule has 0 radical (unpaired) electrons. The molecule has 0 saturated heterocycles. The highest BCUT2D eigenvalue weighted by molar-refractivity contribution is 7.80. The maximum Gasteiger partial charge on any atom is 0.442 e. The van der Waals surface area contributed by atoms with E-state index in [0.717, 1.165) is 10.5 Å². The van der Waals surface area contributed by atoms with E-state index in [1.54, 1.807) is 30.3 Å². The van der Waals surface area contributed by atoms with E-state index >= 15 is 0 Å². The summed E-state index contributed by atoms with van der Waals surface area (Å²) in [6.07, 6.45) is -4.57. The summed E-state index contributed by atoms with van der Waals surface area (Å²) in [5, 5.41) is 0.455. The molecular weight excluding hydrogens is 319 g/mol. The minimum Gasteiger partial charge on any atom is -0.324 e. The first-order chi connectivity index (χ1) is 9.88. The first-order valence-corrected chi connectivity index (χ1v) is 6.85. The Bertz CT molecular complexity index is 611. The summed E-state index contributed by atoms with van der Waals surface area (Å²) in [4.78, 5) is -0.0188. The quantitative estimate of drug-likeness (QED) is 0.709. The molecule has 0 heterocycles. The van der Waals surface area contributed by atoms with Crippen molar-refractivity contribution in [2.45, 2.75) is 12.7 Å². The van der Waals surface area contributed by atoms with Gasteiger partial charge in [-0.1, -0.05) is 54.2 Å². The van der Waals surface area contributed by atoms with Gasteiger partial charge in [-0.2, -0.15) is 13.2 Å². The molecule has 0 atom stereocenters. The lowest BCUT2D eigenvalue weighted by molar-refractivity contribution is -0.0577. The van der Waals surface area contributed by atoms with Gasteiger partial charge in [0.25, 0.3) is 0 Å². The van der Waals surface area contributed by atoms with Crippen LogP contribution in [-0.4, -0.2) is 11.2 Å². The Kier molecular flexibility index (Phi) is 4.85. The number of rotatable bonds is 3. The van der Waals surface area contributed by atoms with Gasteiger partial charge in [-0.15, -0.1) is 0 Å². The van der Waals surface area contributed by atoms with E-state index in [2.05, 4.69) is 12.2 Å². The van der Waals surface area contributed by atoms with Crippen molar-refractivity contribution >= 4 is 34.5 Å². The number of hydrogen-bond donors (Lipinski definition) is 0. The average molecular weight is 330 g/mol. The van der Waals surface area contributed by atoms with Gasteiger partial charge >= 0.3 is 6.18 Å². The monoisotopic (exact) mass is 329 g/mol. The van der Waals surface area contributed by atoms with Crippen LogP contribution in [0.2, 0.25) is 5.02 Å². The third kappa shape index (κ3) is 4.19. The van der Waals surface area contributed by atoms with Crippen LogP contribution in [-0.2, 0) is 6.54 Å². The number of hydrogen-bond acceptors (Lipinski definition) is 1. The summed E-state index contributed by atoms with van der Waals surface area (Å²) in [6, 6.07) is 15.0. The number of thiocarbonyl (C=S) groups is 1. The molecular formula is C15H11ClF3NS. The summed E-state index contributed by atoms with van der Waals surface area (Å²) < 4.78 is 38.9. The van der Waals surface area contributed by atoms with Gasteiger partial charge in [0, 0.05) is 17.3 Å². The maximum atomic E-state index is 13.0. The molecule has 0 aliphatic rings. The standard InChI is InChI=1S/C15H11ClF3NS/c16-12-6-8-13(9-7-12)20(14(21)15(17,18)19)10-11-4-2-1-3-5-11/h1-9H,10H2. The van der Waals surface area contributed by atoms with E-state index in [1.807, 2.05) is 0 Å².